The zero-order chi connectivity index (χ0) is 13.9. The van der Waals surface area contributed by atoms with Crippen LogP contribution in [0.2, 0.25) is 0 Å². The number of nitrogen functional groups attached to an aromatic ring is 1. The molecule has 20 heavy (non-hydrogen) atoms. The van der Waals surface area contributed by atoms with E-state index in [2.05, 4.69) is 39.7 Å². The predicted octanol–water partition coefficient (Wildman–Crippen LogP) is 1.80. The van der Waals surface area contributed by atoms with Gasteiger partial charge in [-0.05, 0) is 37.6 Å². The molecular formula is C15H19N5. The summed E-state index contributed by atoms with van der Waals surface area (Å²) in [6.07, 6.45) is 1.79. The molecule has 0 amide bonds. The Labute approximate surface area is 118 Å². The van der Waals surface area contributed by atoms with Crippen LogP contribution in [0.4, 0.5) is 17.5 Å². The molecule has 0 spiro atoms. The number of nitrogens with one attached hydrogen (secondary N) is 2. The zero-order valence-electron chi connectivity index (χ0n) is 11.6. The van der Waals surface area contributed by atoms with Gasteiger partial charge < -0.3 is 16.4 Å². The number of rotatable bonds is 2. The van der Waals surface area contributed by atoms with Crippen molar-refractivity contribution in [1.82, 2.24) is 15.3 Å². The van der Waals surface area contributed by atoms with Crippen molar-refractivity contribution in [2.24, 2.45) is 0 Å². The Balaban J connectivity index is 1.91. The highest BCUT2D eigenvalue weighted by Gasteiger charge is 2.14. The summed E-state index contributed by atoms with van der Waals surface area (Å²) < 4.78 is 0. The van der Waals surface area contributed by atoms with Gasteiger partial charge in [-0.3, -0.25) is 0 Å². The van der Waals surface area contributed by atoms with Gasteiger partial charge in [-0.2, -0.15) is 4.98 Å². The van der Waals surface area contributed by atoms with Gasteiger partial charge in [-0.1, -0.05) is 12.1 Å². The minimum absolute atomic E-state index is 0.578. The number of nitrogens with zero attached hydrogens (tertiary/aromatic N) is 2. The first-order valence-corrected chi connectivity index (χ1v) is 6.92. The van der Waals surface area contributed by atoms with Crippen LogP contribution in [-0.4, -0.2) is 23.1 Å². The average molecular weight is 269 g/mol. The second-order valence-electron chi connectivity index (χ2n) is 5.10. The maximum Gasteiger partial charge on any atom is 0.229 e. The molecule has 2 aromatic rings. The first-order valence-electron chi connectivity index (χ1n) is 6.92. The van der Waals surface area contributed by atoms with Gasteiger partial charge in [0.1, 0.15) is 5.82 Å². The lowest BCUT2D eigenvalue weighted by Crippen LogP contribution is -2.16. The van der Waals surface area contributed by atoms with E-state index < -0.39 is 0 Å². The van der Waals surface area contributed by atoms with Gasteiger partial charge >= 0.3 is 0 Å². The van der Waals surface area contributed by atoms with Crippen molar-refractivity contribution >= 4 is 17.5 Å². The Morgan fingerprint density at radius 2 is 2.05 bits per heavy atom. The van der Waals surface area contributed by atoms with Crippen LogP contribution in [0.3, 0.4) is 0 Å². The van der Waals surface area contributed by atoms with E-state index in [9.17, 15) is 0 Å². The third kappa shape index (κ3) is 2.72. The second-order valence-corrected chi connectivity index (χ2v) is 5.10. The minimum atomic E-state index is 0.578. The summed E-state index contributed by atoms with van der Waals surface area (Å²) in [4.78, 5) is 9.00. The highest BCUT2D eigenvalue weighted by molar-refractivity contribution is 5.57. The van der Waals surface area contributed by atoms with Crippen molar-refractivity contribution in [1.29, 1.82) is 0 Å². The van der Waals surface area contributed by atoms with Crippen LogP contribution in [0, 0.1) is 6.92 Å². The number of hydrogen-bond donors (Lipinski definition) is 3. The molecule has 3 rings (SSSR count). The molecule has 0 fully saturated rings. The lowest BCUT2D eigenvalue weighted by atomic mass is 10.1. The summed E-state index contributed by atoms with van der Waals surface area (Å²) in [5.74, 6) is 1.17. The van der Waals surface area contributed by atoms with E-state index in [4.69, 9.17) is 5.73 Å². The quantitative estimate of drug-likeness (QED) is 0.775. The maximum absolute atomic E-state index is 6.08. The third-order valence-electron chi connectivity index (χ3n) is 3.49. The highest BCUT2D eigenvalue weighted by atomic mass is 15.1. The fourth-order valence-electron chi connectivity index (χ4n) is 2.48. The number of benzene rings is 1. The Morgan fingerprint density at radius 1 is 1.20 bits per heavy atom. The number of fused-ring (bicyclic) bond motifs is 1. The number of aryl methyl sites for hydroxylation is 1. The summed E-state index contributed by atoms with van der Waals surface area (Å²) in [7, 11) is 0. The van der Waals surface area contributed by atoms with Crippen molar-refractivity contribution in [2.75, 3.05) is 24.1 Å². The summed E-state index contributed by atoms with van der Waals surface area (Å²) >= 11 is 0. The lowest BCUT2D eigenvalue weighted by molar-refractivity contribution is 0.708. The van der Waals surface area contributed by atoms with Gasteiger partial charge in [0, 0.05) is 24.2 Å². The molecule has 4 N–H and O–H groups in total. The van der Waals surface area contributed by atoms with Gasteiger partial charge in [-0.25, -0.2) is 4.98 Å². The maximum atomic E-state index is 6.08. The van der Waals surface area contributed by atoms with Crippen LogP contribution in [0.25, 0.3) is 0 Å². The van der Waals surface area contributed by atoms with Crippen molar-refractivity contribution in [2.45, 2.75) is 19.8 Å². The van der Waals surface area contributed by atoms with E-state index in [0.717, 1.165) is 42.9 Å². The molecule has 1 aliphatic heterocycles. The Kier molecular flexibility index (Phi) is 3.52. The fraction of sp³-hybridized carbons (Fsp3) is 0.333. The van der Waals surface area contributed by atoms with Crippen LogP contribution in [0.5, 0.6) is 0 Å². The highest BCUT2D eigenvalue weighted by Crippen LogP contribution is 2.21. The smallest absolute Gasteiger partial charge is 0.229 e. The first-order chi connectivity index (χ1) is 9.72. The van der Waals surface area contributed by atoms with E-state index >= 15 is 0 Å². The van der Waals surface area contributed by atoms with E-state index in [-0.39, 0.29) is 0 Å². The van der Waals surface area contributed by atoms with Crippen LogP contribution in [-0.2, 0) is 12.8 Å². The molecule has 1 aliphatic rings. The van der Waals surface area contributed by atoms with E-state index in [1.54, 1.807) is 0 Å². The number of hydrogen-bond acceptors (Lipinski definition) is 5. The van der Waals surface area contributed by atoms with Crippen molar-refractivity contribution in [3.8, 4) is 0 Å². The molecule has 0 unspecified atom stereocenters. The zero-order valence-corrected chi connectivity index (χ0v) is 11.6. The number of aromatic nitrogens is 2. The fourth-order valence-corrected chi connectivity index (χ4v) is 2.48. The summed E-state index contributed by atoms with van der Waals surface area (Å²) in [5, 5.41) is 6.59. The van der Waals surface area contributed by atoms with Gasteiger partial charge in [0.2, 0.25) is 5.95 Å². The normalized spacial score (nSPS) is 14.4. The van der Waals surface area contributed by atoms with Crippen molar-refractivity contribution in [3.63, 3.8) is 0 Å². The van der Waals surface area contributed by atoms with Gasteiger partial charge in [0.05, 0.1) is 5.69 Å². The summed E-state index contributed by atoms with van der Waals surface area (Å²) in [6, 6.07) is 8.13. The first kappa shape index (κ1) is 12.9. The molecule has 0 saturated carbocycles. The average Bonchev–Trinajstić information content (AvgIpc) is 2.64. The monoisotopic (exact) mass is 269 g/mol. The van der Waals surface area contributed by atoms with Gasteiger partial charge in [0.15, 0.2) is 0 Å². The molecule has 0 atom stereocenters. The van der Waals surface area contributed by atoms with Gasteiger partial charge in [-0.15, -0.1) is 0 Å². The van der Waals surface area contributed by atoms with E-state index in [0.29, 0.717) is 11.8 Å². The van der Waals surface area contributed by atoms with Crippen LogP contribution >= 0.6 is 0 Å². The predicted molar refractivity (Wildman–Crippen MR) is 81.2 cm³/mol. The Hall–Kier alpha value is -2.14. The van der Waals surface area contributed by atoms with Gasteiger partial charge in [0.25, 0.3) is 0 Å². The largest absolute Gasteiger partial charge is 0.383 e. The number of anilines is 3. The molecule has 2 heterocycles. The summed E-state index contributed by atoms with van der Waals surface area (Å²) in [5.41, 5.74) is 10.4. The van der Waals surface area contributed by atoms with Crippen LogP contribution in [0.1, 0.15) is 16.8 Å². The molecule has 5 nitrogen and oxygen atoms in total. The SMILES string of the molecule is Cc1cccc(Nc2nc(N)c3c(n2)CCNCC3)c1. The molecule has 0 bridgehead atoms. The molecule has 0 saturated heterocycles. The topological polar surface area (TPSA) is 75.9 Å². The van der Waals surface area contributed by atoms with E-state index in [1.807, 2.05) is 12.1 Å². The third-order valence-corrected chi connectivity index (χ3v) is 3.49. The van der Waals surface area contributed by atoms with Crippen LogP contribution < -0.4 is 16.4 Å². The Morgan fingerprint density at radius 3 is 2.90 bits per heavy atom. The molecule has 104 valence electrons. The van der Waals surface area contributed by atoms with Crippen LogP contribution in [0.15, 0.2) is 24.3 Å². The second kappa shape index (κ2) is 5.46. The summed E-state index contributed by atoms with van der Waals surface area (Å²) in [6.45, 7) is 3.93. The Bertz CT molecular complexity index is 624. The molecule has 0 aliphatic carbocycles. The standard InChI is InChI=1S/C15H19N5/c1-10-3-2-4-11(9-10)18-15-19-13-6-8-17-7-5-12(13)14(16)20-15/h2-4,9,17H,5-8H2,1H3,(H3,16,18,19,20). The molecule has 1 aromatic heterocycles. The van der Waals surface area contributed by atoms with Crippen molar-refractivity contribution < 1.29 is 0 Å². The van der Waals surface area contributed by atoms with E-state index in [1.165, 1.54) is 5.56 Å². The molecular weight excluding hydrogens is 250 g/mol. The number of nitrogens with two attached hydrogens (primary N) is 1. The molecule has 5 heteroatoms. The lowest BCUT2D eigenvalue weighted by Gasteiger charge is -2.11. The molecule has 0 radical (unpaired) electrons. The van der Waals surface area contributed by atoms with Crippen molar-refractivity contribution in [3.05, 3.63) is 41.1 Å². The minimum Gasteiger partial charge on any atom is -0.383 e. The molecule has 1 aromatic carbocycles.